The Hall–Kier alpha value is -1.95. The average molecular weight is 190 g/mol. The summed E-state index contributed by atoms with van der Waals surface area (Å²) in [6.45, 7) is 0. The summed E-state index contributed by atoms with van der Waals surface area (Å²) in [5.41, 5.74) is 0.464. The highest BCUT2D eigenvalue weighted by Gasteiger charge is 2.03. The fourth-order valence-electron chi connectivity index (χ4n) is 0.976. The summed E-state index contributed by atoms with van der Waals surface area (Å²) in [6.07, 6.45) is 0.876. The molecule has 0 saturated carbocycles. The van der Waals surface area contributed by atoms with Crippen LogP contribution in [-0.2, 0) is 4.79 Å². The van der Waals surface area contributed by atoms with E-state index < -0.39 is 0 Å². The number of aromatic hydroxyl groups is 1. The van der Waals surface area contributed by atoms with Gasteiger partial charge in [-0.2, -0.15) is 0 Å². The first kappa shape index (κ1) is 10.1. The van der Waals surface area contributed by atoms with Crippen LogP contribution in [-0.4, -0.2) is 18.5 Å². The van der Waals surface area contributed by atoms with Gasteiger partial charge in [0.2, 0.25) is 0 Å². The summed E-state index contributed by atoms with van der Waals surface area (Å²) in [7, 11) is 1.47. The zero-order valence-corrected chi connectivity index (χ0v) is 7.78. The molecule has 0 aromatic heterocycles. The smallest absolute Gasteiger partial charge is 0.173 e. The van der Waals surface area contributed by atoms with Gasteiger partial charge in [-0.05, 0) is 12.1 Å². The maximum Gasteiger partial charge on any atom is 0.173 e. The van der Waals surface area contributed by atoms with E-state index in [2.05, 4.69) is 11.8 Å². The molecule has 0 atom stereocenters. The van der Waals surface area contributed by atoms with Crippen molar-refractivity contribution in [2.24, 2.45) is 0 Å². The van der Waals surface area contributed by atoms with Crippen LogP contribution in [0.3, 0.4) is 0 Å². The van der Waals surface area contributed by atoms with E-state index >= 15 is 0 Å². The highest BCUT2D eigenvalue weighted by molar-refractivity contribution is 5.57. The second-order valence-corrected chi connectivity index (χ2v) is 2.53. The van der Waals surface area contributed by atoms with Crippen molar-refractivity contribution in [3.63, 3.8) is 0 Å². The predicted molar refractivity (Wildman–Crippen MR) is 52.2 cm³/mol. The Bertz CT molecular complexity index is 385. The minimum absolute atomic E-state index is 0.00778. The maximum absolute atomic E-state index is 10.0. The maximum atomic E-state index is 10.0. The predicted octanol–water partition coefficient (Wildman–Crippen LogP) is 1.34. The first-order chi connectivity index (χ1) is 6.79. The van der Waals surface area contributed by atoms with Crippen LogP contribution >= 0.6 is 0 Å². The number of hydrogen-bond acceptors (Lipinski definition) is 3. The molecule has 0 unspecified atom stereocenters. The Balaban J connectivity index is 2.99. The number of phenolic OH excluding ortho intramolecular Hbond substituents is 1. The number of ether oxygens (including phenoxy) is 1. The van der Waals surface area contributed by atoms with Gasteiger partial charge in [-0.1, -0.05) is 17.9 Å². The summed E-state index contributed by atoms with van der Waals surface area (Å²) in [4.78, 5) is 10.0. The van der Waals surface area contributed by atoms with Crippen molar-refractivity contribution in [3.8, 4) is 23.3 Å². The van der Waals surface area contributed by atoms with E-state index in [1.165, 1.54) is 7.11 Å². The van der Waals surface area contributed by atoms with Gasteiger partial charge in [0.15, 0.2) is 11.5 Å². The molecule has 0 aliphatic heterocycles. The minimum atomic E-state index is 0.00778. The number of carbonyl (C=O) groups is 1. The molecular weight excluding hydrogens is 180 g/mol. The van der Waals surface area contributed by atoms with Gasteiger partial charge < -0.3 is 14.6 Å². The van der Waals surface area contributed by atoms with Crippen LogP contribution in [0.5, 0.6) is 11.5 Å². The van der Waals surface area contributed by atoms with Gasteiger partial charge in [0.1, 0.15) is 6.29 Å². The summed E-state index contributed by atoms with van der Waals surface area (Å²) >= 11 is 0. The molecule has 0 aliphatic carbocycles. The lowest BCUT2D eigenvalue weighted by Gasteiger charge is -2.03. The second-order valence-electron chi connectivity index (χ2n) is 2.53. The number of benzene rings is 1. The quantitative estimate of drug-likeness (QED) is 0.565. The molecule has 72 valence electrons. The van der Waals surface area contributed by atoms with Crippen LogP contribution in [0.4, 0.5) is 0 Å². The molecule has 1 rings (SSSR count). The Kier molecular flexibility index (Phi) is 3.57. The molecule has 3 heteroatoms. The molecule has 1 N–H and O–H groups in total. The third-order valence-corrected chi connectivity index (χ3v) is 1.63. The standard InChI is InChI=1S/C11H10O3/c1-14-10-7-4-6-9(11(10)13)5-2-3-8-12/h4,6-8,13H,3H2,1H3. The van der Waals surface area contributed by atoms with Gasteiger partial charge in [0.25, 0.3) is 0 Å². The van der Waals surface area contributed by atoms with Gasteiger partial charge in [-0.15, -0.1) is 0 Å². The zero-order valence-electron chi connectivity index (χ0n) is 7.78. The fourth-order valence-corrected chi connectivity index (χ4v) is 0.976. The van der Waals surface area contributed by atoms with Crippen molar-refractivity contribution >= 4 is 6.29 Å². The summed E-state index contributed by atoms with van der Waals surface area (Å²) in [6, 6.07) is 5.03. The van der Waals surface area contributed by atoms with Gasteiger partial charge >= 0.3 is 0 Å². The highest BCUT2D eigenvalue weighted by Crippen LogP contribution is 2.28. The number of methoxy groups -OCH3 is 1. The van der Waals surface area contributed by atoms with E-state index in [4.69, 9.17) is 4.74 Å². The normalized spacial score (nSPS) is 8.64. The lowest BCUT2D eigenvalue weighted by atomic mass is 10.2. The first-order valence-electron chi connectivity index (χ1n) is 4.08. The van der Waals surface area contributed by atoms with E-state index in [0.29, 0.717) is 17.6 Å². The molecule has 0 aliphatic rings. The molecular formula is C11H10O3. The van der Waals surface area contributed by atoms with Gasteiger partial charge in [0.05, 0.1) is 19.1 Å². The molecule has 0 bridgehead atoms. The number of hydrogen-bond donors (Lipinski definition) is 1. The zero-order chi connectivity index (χ0) is 10.4. The van der Waals surface area contributed by atoms with Crippen molar-refractivity contribution < 1.29 is 14.6 Å². The van der Waals surface area contributed by atoms with Crippen molar-refractivity contribution in [2.75, 3.05) is 7.11 Å². The highest BCUT2D eigenvalue weighted by atomic mass is 16.5. The van der Waals surface area contributed by atoms with Crippen LogP contribution in [0.2, 0.25) is 0 Å². The van der Waals surface area contributed by atoms with E-state index in [1.54, 1.807) is 18.2 Å². The number of carbonyl (C=O) groups excluding carboxylic acids is 1. The van der Waals surface area contributed by atoms with Crippen molar-refractivity contribution in [3.05, 3.63) is 23.8 Å². The molecule has 3 nitrogen and oxygen atoms in total. The summed E-state index contributed by atoms with van der Waals surface area (Å²) in [5.74, 6) is 5.67. The number of rotatable bonds is 2. The monoisotopic (exact) mass is 190 g/mol. The third kappa shape index (κ3) is 2.27. The largest absolute Gasteiger partial charge is 0.503 e. The summed E-state index contributed by atoms with van der Waals surface area (Å²) < 4.78 is 4.90. The Morgan fingerprint density at radius 1 is 1.57 bits per heavy atom. The second kappa shape index (κ2) is 4.93. The van der Waals surface area contributed by atoms with E-state index in [0.717, 1.165) is 0 Å². The minimum Gasteiger partial charge on any atom is -0.503 e. The van der Waals surface area contributed by atoms with Crippen molar-refractivity contribution in [2.45, 2.75) is 6.42 Å². The number of phenols is 1. The molecule has 14 heavy (non-hydrogen) atoms. The Morgan fingerprint density at radius 3 is 3.00 bits per heavy atom. The van der Waals surface area contributed by atoms with Crippen LogP contribution < -0.4 is 4.74 Å². The summed E-state index contributed by atoms with van der Waals surface area (Å²) in [5, 5.41) is 9.57. The van der Waals surface area contributed by atoms with Crippen LogP contribution in [0.1, 0.15) is 12.0 Å². The molecule has 0 saturated heterocycles. The van der Waals surface area contributed by atoms with Crippen LogP contribution in [0.15, 0.2) is 18.2 Å². The average Bonchev–Trinajstić information content (AvgIpc) is 2.21. The molecule has 1 aromatic rings. The molecule has 1 aromatic carbocycles. The first-order valence-corrected chi connectivity index (χ1v) is 4.08. The number of aldehydes is 1. The fraction of sp³-hybridized carbons (Fsp3) is 0.182. The SMILES string of the molecule is COc1cccc(C#CCC=O)c1O. The molecule has 0 radical (unpaired) electrons. The molecule has 0 heterocycles. The van der Waals surface area contributed by atoms with E-state index in [1.807, 2.05) is 0 Å². The third-order valence-electron chi connectivity index (χ3n) is 1.63. The lowest BCUT2D eigenvalue weighted by molar-refractivity contribution is -0.107. The molecule has 0 spiro atoms. The van der Waals surface area contributed by atoms with E-state index in [9.17, 15) is 9.90 Å². The van der Waals surface area contributed by atoms with Crippen molar-refractivity contribution in [1.29, 1.82) is 0 Å². The van der Waals surface area contributed by atoms with Gasteiger partial charge in [0, 0.05) is 0 Å². The van der Waals surface area contributed by atoms with Crippen molar-refractivity contribution in [1.82, 2.24) is 0 Å². The molecule has 0 amide bonds. The van der Waals surface area contributed by atoms with Gasteiger partial charge in [-0.3, -0.25) is 0 Å². The van der Waals surface area contributed by atoms with E-state index in [-0.39, 0.29) is 12.2 Å². The van der Waals surface area contributed by atoms with Crippen LogP contribution in [0, 0.1) is 11.8 Å². The lowest BCUT2D eigenvalue weighted by Crippen LogP contribution is -1.85. The topological polar surface area (TPSA) is 46.5 Å². The number of para-hydroxylation sites is 1. The Labute approximate surface area is 82.3 Å². The Morgan fingerprint density at radius 2 is 2.36 bits per heavy atom. The van der Waals surface area contributed by atoms with Crippen LogP contribution in [0.25, 0.3) is 0 Å². The van der Waals surface area contributed by atoms with Gasteiger partial charge in [-0.25, -0.2) is 0 Å². The molecule has 0 fully saturated rings.